The van der Waals surface area contributed by atoms with Gasteiger partial charge in [0, 0.05) is 20.1 Å². The van der Waals surface area contributed by atoms with Crippen LogP contribution in [0, 0.1) is 0 Å². The third-order valence-electron chi connectivity index (χ3n) is 7.82. The van der Waals surface area contributed by atoms with Crippen LogP contribution in [0.1, 0.15) is 0 Å². The second-order valence-corrected chi connectivity index (χ2v) is 12.1. The van der Waals surface area contributed by atoms with Gasteiger partial charge in [-0.3, -0.25) is 0 Å². The van der Waals surface area contributed by atoms with E-state index in [2.05, 4.69) is 192 Å². The number of hydrogen-bond donors (Lipinski definition) is 1. The summed E-state index contributed by atoms with van der Waals surface area (Å²) >= 11 is 0. The third kappa shape index (κ3) is 6.73. The standard InChI is InChI=1S/C42H33N2P/c1-5-15-32(16-6-1)35-29-36(33-17-7-2-8-18-33)31-37(30-35)34-25-27-40(28-26-34)45-44(39-21-11-4-12-22-39)42-24-14-13-23-41(42)43-38-19-9-3-10-20-38/h1-31,43,45H. The first-order valence-corrected chi connectivity index (χ1v) is 16.1. The first kappa shape index (κ1) is 28.3. The molecule has 0 spiro atoms. The predicted octanol–water partition coefficient (Wildman–Crippen LogP) is 11.5. The third-order valence-corrected chi connectivity index (χ3v) is 9.13. The van der Waals surface area contributed by atoms with Crippen molar-refractivity contribution in [2.75, 3.05) is 9.99 Å². The van der Waals surface area contributed by atoms with Crippen LogP contribution in [-0.2, 0) is 0 Å². The highest BCUT2D eigenvalue weighted by atomic mass is 31.1. The lowest BCUT2D eigenvalue weighted by atomic mass is 9.93. The maximum absolute atomic E-state index is 3.64. The average Bonchev–Trinajstić information content (AvgIpc) is 3.12. The summed E-state index contributed by atoms with van der Waals surface area (Å²) in [6.45, 7) is 0. The van der Waals surface area contributed by atoms with Crippen LogP contribution in [0.15, 0.2) is 188 Å². The summed E-state index contributed by atoms with van der Waals surface area (Å²) in [5.74, 6) is 0. The van der Waals surface area contributed by atoms with Gasteiger partial charge in [-0.1, -0.05) is 133 Å². The minimum atomic E-state index is 0.405. The first-order chi connectivity index (χ1) is 22.3. The van der Waals surface area contributed by atoms with Crippen molar-refractivity contribution in [1.82, 2.24) is 0 Å². The van der Waals surface area contributed by atoms with Crippen LogP contribution in [0.2, 0.25) is 0 Å². The summed E-state index contributed by atoms with van der Waals surface area (Å²) in [4.78, 5) is 0. The van der Waals surface area contributed by atoms with Gasteiger partial charge in [-0.25, -0.2) is 0 Å². The number of nitrogens with one attached hydrogen (secondary N) is 1. The van der Waals surface area contributed by atoms with Gasteiger partial charge in [-0.15, -0.1) is 0 Å². The molecule has 0 heterocycles. The van der Waals surface area contributed by atoms with E-state index in [1.165, 1.54) is 38.7 Å². The van der Waals surface area contributed by atoms with Gasteiger partial charge < -0.3 is 9.99 Å². The van der Waals surface area contributed by atoms with Gasteiger partial charge in [0.1, 0.15) is 0 Å². The molecule has 7 aromatic carbocycles. The Bertz CT molecular complexity index is 1920. The molecule has 216 valence electrons. The summed E-state index contributed by atoms with van der Waals surface area (Å²) < 4.78 is 2.41. The Kier molecular flexibility index (Phi) is 8.49. The number of benzene rings is 7. The molecular formula is C42H33N2P. The molecule has 0 aliphatic heterocycles. The average molecular weight is 597 g/mol. The molecule has 0 bridgehead atoms. The molecule has 0 aliphatic rings. The highest BCUT2D eigenvalue weighted by molar-refractivity contribution is 7.49. The number of para-hydroxylation sites is 4. The fourth-order valence-corrected chi connectivity index (χ4v) is 6.71. The Morgan fingerprint density at radius 1 is 0.378 bits per heavy atom. The van der Waals surface area contributed by atoms with Crippen molar-refractivity contribution in [3.63, 3.8) is 0 Å². The van der Waals surface area contributed by atoms with Gasteiger partial charge in [0.25, 0.3) is 0 Å². The quantitative estimate of drug-likeness (QED) is 0.167. The molecule has 1 atom stereocenters. The van der Waals surface area contributed by atoms with Crippen LogP contribution in [0.25, 0.3) is 33.4 Å². The fourth-order valence-electron chi connectivity index (χ4n) is 5.55. The smallest absolute Gasteiger partial charge is 0.0684 e. The number of rotatable bonds is 9. The summed E-state index contributed by atoms with van der Waals surface area (Å²) in [7, 11) is 0.405. The Hall–Kier alpha value is -5.43. The van der Waals surface area contributed by atoms with Crippen LogP contribution in [0.3, 0.4) is 0 Å². The molecule has 0 fully saturated rings. The molecule has 7 aromatic rings. The molecule has 7 rings (SSSR count). The zero-order valence-corrected chi connectivity index (χ0v) is 25.8. The van der Waals surface area contributed by atoms with E-state index in [1.54, 1.807) is 0 Å². The highest BCUT2D eigenvalue weighted by Crippen LogP contribution is 2.41. The summed E-state index contributed by atoms with van der Waals surface area (Å²) in [6.07, 6.45) is 0. The van der Waals surface area contributed by atoms with E-state index < -0.39 is 0 Å². The van der Waals surface area contributed by atoms with E-state index in [1.807, 2.05) is 6.07 Å². The lowest BCUT2D eigenvalue weighted by Crippen LogP contribution is -2.12. The Morgan fingerprint density at radius 2 is 0.822 bits per heavy atom. The second-order valence-electron chi connectivity index (χ2n) is 10.9. The molecule has 0 amide bonds. The van der Waals surface area contributed by atoms with Crippen molar-refractivity contribution in [2.24, 2.45) is 0 Å². The first-order valence-electron chi connectivity index (χ1n) is 15.2. The largest absolute Gasteiger partial charge is 0.354 e. The number of hydrogen-bond acceptors (Lipinski definition) is 2. The molecule has 3 heteroatoms. The molecule has 0 aliphatic carbocycles. The summed E-state index contributed by atoms with van der Waals surface area (Å²) in [5.41, 5.74) is 11.7. The van der Waals surface area contributed by atoms with Crippen LogP contribution in [0.5, 0.6) is 0 Å². The van der Waals surface area contributed by atoms with Crippen molar-refractivity contribution < 1.29 is 0 Å². The predicted molar refractivity (Wildman–Crippen MR) is 195 cm³/mol. The van der Waals surface area contributed by atoms with Crippen LogP contribution in [0.4, 0.5) is 22.7 Å². The Labute approximate surface area is 267 Å². The molecule has 0 aromatic heterocycles. The van der Waals surface area contributed by atoms with E-state index in [9.17, 15) is 0 Å². The minimum Gasteiger partial charge on any atom is -0.354 e. The van der Waals surface area contributed by atoms with Gasteiger partial charge in [0.2, 0.25) is 0 Å². The van der Waals surface area contributed by atoms with Crippen molar-refractivity contribution in [3.05, 3.63) is 188 Å². The van der Waals surface area contributed by atoms with Gasteiger partial charge in [-0.05, 0) is 93.3 Å². The van der Waals surface area contributed by atoms with E-state index in [0.717, 1.165) is 22.7 Å². The summed E-state index contributed by atoms with van der Waals surface area (Å²) in [6, 6.07) is 66.8. The monoisotopic (exact) mass is 596 g/mol. The molecule has 45 heavy (non-hydrogen) atoms. The minimum absolute atomic E-state index is 0.405. The summed E-state index contributed by atoms with van der Waals surface area (Å²) in [5, 5.41) is 4.90. The van der Waals surface area contributed by atoms with Gasteiger partial charge in [0.05, 0.1) is 11.4 Å². The van der Waals surface area contributed by atoms with E-state index >= 15 is 0 Å². The van der Waals surface area contributed by atoms with E-state index in [-0.39, 0.29) is 0 Å². The van der Waals surface area contributed by atoms with Crippen LogP contribution >= 0.6 is 8.73 Å². The molecule has 0 radical (unpaired) electrons. The van der Waals surface area contributed by atoms with Gasteiger partial charge in [0.15, 0.2) is 0 Å². The number of nitrogens with zero attached hydrogens (tertiary/aromatic N) is 1. The molecule has 0 saturated carbocycles. The van der Waals surface area contributed by atoms with Crippen LogP contribution in [-0.4, -0.2) is 0 Å². The van der Waals surface area contributed by atoms with Crippen LogP contribution < -0.4 is 15.3 Å². The lowest BCUT2D eigenvalue weighted by Gasteiger charge is -2.27. The van der Waals surface area contributed by atoms with E-state index in [0.29, 0.717) is 8.73 Å². The van der Waals surface area contributed by atoms with Crippen molar-refractivity contribution in [1.29, 1.82) is 0 Å². The fraction of sp³-hybridized carbons (Fsp3) is 0. The lowest BCUT2D eigenvalue weighted by molar-refractivity contribution is 1.41. The zero-order valence-electron chi connectivity index (χ0n) is 24.8. The van der Waals surface area contributed by atoms with Crippen molar-refractivity contribution in [3.8, 4) is 33.4 Å². The molecule has 1 unspecified atom stereocenters. The molecule has 2 nitrogen and oxygen atoms in total. The SMILES string of the molecule is c1ccc(Nc2ccccc2N(Pc2ccc(-c3cc(-c4ccccc4)cc(-c4ccccc4)c3)cc2)c2ccccc2)cc1. The van der Waals surface area contributed by atoms with Gasteiger partial charge >= 0.3 is 0 Å². The normalized spacial score (nSPS) is 11.0. The maximum Gasteiger partial charge on any atom is 0.0684 e. The Balaban J connectivity index is 1.23. The van der Waals surface area contributed by atoms with Crippen molar-refractivity contribution >= 4 is 36.8 Å². The zero-order chi connectivity index (χ0) is 30.3. The topological polar surface area (TPSA) is 15.3 Å². The van der Waals surface area contributed by atoms with Gasteiger partial charge in [-0.2, -0.15) is 0 Å². The molecule has 1 N–H and O–H groups in total. The van der Waals surface area contributed by atoms with Crippen molar-refractivity contribution in [2.45, 2.75) is 0 Å². The molecule has 0 saturated heterocycles. The second kappa shape index (κ2) is 13.5. The maximum atomic E-state index is 3.64. The number of anilines is 4. The van der Waals surface area contributed by atoms with E-state index in [4.69, 9.17) is 0 Å². The Morgan fingerprint density at radius 3 is 1.38 bits per heavy atom. The highest BCUT2D eigenvalue weighted by Gasteiger charge is 2.15. The molecular weight excluding hydrogens is 563 g/mol.